The number of fused-ring (bicyclic) bond motifs is 5. The van der Waals surface area contributed by atoms with Crippen LogP contribution in [0.1, 0.15) is 54.4 Å². The topological polar surface area (TPSA) is 148 Å². The molecule has 6 fully saturated rings. The lowest BCUT2D eigenvalue weighted by molar-refractivity contribution is -0.213. The van der Waals surface area contributed by atoms with Gasteiger partial charge in [0.05, 0.1) is 25.4 Å². The number of nitrogens with zero attached hydrogens (tertiary/aromatic N) is 1. The normalized spacial score (nSPS) is 33.1. The number of amides is 2. The summed E-state index contributed by atoms with van der Waals surface area (Å²) >= 11 is 0. The van der Waals surface area contributed by atoms with Crippen LogP contribution in [-0.4, -0.2) is 90.3 Å². The van der Waals surface area contributed by atoms with E-state index in [-0.39, 0.29) is 45.0 Å². The summed E-state index contributed by atoms with van der Waals surface area (Å²) in [5.41, 5.74) is 2.08. The minimum Gasteiger partial charge on any atom is -0.458 e. The number of epoxide rings is 1. The molecule has 282 valence electrons. The third-order valence-electron chi connectivity index (χ3n) is 11.9. The molecule has 4 saturated heterocycles. The molecule has 12 heteroatoms. The van der Waals surface area contributed by atoms with Crippen LogP contribution >= 0.6 is 0 Å². The van der Waals surface area contributed by atoms with Gasteiger partial charge in [0.25, 0.3) is 0 Å². The maximum Gasteiger partial charge on any atom is 0.327 e. The highest BCUT2D eigenvalue weighted by Gasteiger charge is 2.76. The number of nitrogens with one attached hydrogen (secondary N) is 2. The number of hydrogen-bond donors (Lipinski definition) is 3. The first kappa shape index (κ1) is 35.3. The van der Waals surface area contributed by atoms with Gasteiger partial charge in [-0.15, -0.1) is 0 Å². The minimum absolute atomic E-state index is 0.00279. The van der Waals surface area contributed by atoms with Crippen LogP contribution in [0, 0.1) is 11.3 Å². The van der Waals surface area contributed by atoms with Gasteiger partial charge >= 0.3 is 5.97 Å². The molecule has 4 aliphatic heterocycles. The Morgan fingerprint density at radius 1 is 0.852 bits per heavy atom. The molecule has 3 unspecified atom stereocenters. The van der Waals surface area contributed by atoms with Crippen LogP contribution in [0.2, 0.25) is 0 Å². The van der Waals surface area contributed by atoms with Crippen LogP contribution in [-0.2, 0) is 50.5 Å². The quantitative estimate of drug-likeness (QED) is 0.187. The third kappa shape index (κ3) is 6.24. The zero-order valence-corrected chi connectivity index (χ0v) is 29.9. The molecule has 0 spiro atoms. The summed E-state index contributed by atoms with van der Waals surface area (Å²) in [5, 5.41) is 16.2. The summed E-state index contributed by atoms with van der Waals surface area (Å²) < 4.78 is 25.8. The lowest BCUT2D eigenvalue weighted by Crippen LogP contribution is -2.69. The largest absolute Gasteiger partial charge is 0.458 e. The molecule has 2 bridgehead atoms. The SMILES string of the molecule is O=C(CCNC(=O)[C@@]12C[C@H]3OC(=O)[C@@H]1N(Cc1ccc(C=CC4CCC5OC5C4)cc1)O[C@@H]2[C@H]1OC(c2ccccc2)(c2ccccc2)O[C@H]13)NCCO. The number of allylic oxidation sites excluding steroid dienone is 1. The van der Waals surface area contributed by atoms with E-state index in [9.17, 15) is 14.4 Å². The van der Waals surface area contributed by atoms with E-state index < -0.39 is 53.5 Å². The Morgan fingerprint density at radius 2 is 1.57 bits per heavy atom. The number of aliphatic hydroxyl groups excluding tert-OH is 1. The van der Waals surface area contributed by atoms with Gasteiger partial charge in [0.15, 0.2) is 6.04 Å². The van der Waals surface area contributed by atoms with E-state index in [4.69, 9.17) is 28.9 Å². The maximum atomic E-state index is 14.6. The fourth-order valence-electron chi connectivity index (χ4n) is 9.20. The molecule has 4 heterocycles. The van der Waals surface area contributed by atoms with Gasteiger partial charge in [-0.1, -0.05) is 97.1 Å². The lowest BCUT2D eigenvalue weighted by Gasteiger charge is -2.48. The number of hydroxylamine groups is 2. The van der Waals surface area contributed by atoms with E-state index >= 15 is 0 Å². The van der Waals surface area contributed by atoms with Crippen molar-refractivity contribution in [2.75, 3.05) is 19.7 Å². The Labute approximate surface area is 313 Å². The lowest BCUT2D eigenvalue weighted by atomic mass is 9.62. The number of rotatable bonds is 12. The van der Waals surface area contributed by atoms with Gasteiger partial charge in [-0.05, 0) is 36.3 Å². The number of esters is 1. The van der Waals surface area contributed by atoms with Gasteiger partial charge in [0.1, 0.15) is 29.8 Å². The molecule has 3 aromatic carbocycles. The first-order valence-corrected chi connectivity index (χ1v) is 19.1. The Hall–Kier alpha value is -4.43. The molecule has 2 saturated carbocycles. The molecule has 3 N–H and O–H groups in total. The van der Waals surface area contributed by atoms with Gasteiger partial charge in [-0.3, -0.25) is 19.2 Å². The van der Waals surface area contributed by atoms with Crippen LogP contribution < -0.4 is 10.6 Å². The Morgan fingerprint density at radius 3 is 2.28 bits per heavy atom. The first-order valence-electron chi connectivity index (χ1n) is 19.1. The highest BCUT2D eigenvalue weighted by Crippen LogP contribution is 2.59. The summed E-state index contributed by atoms with van der Waals surface area (Å²) in [6.45, 7) is 0.184. The monoisotopic (exact) mass is 735 g/mol. The average molecular weight is 736 g/mol. The Bertz CT molecular complexity index is 1850. The fraction of sp³-hybridized carbons (Fsp3) is 0.452. The predicted molar refractivity (Wildman–Crippen MR) is 194 cm³/mol. The average Bonchev–Trinajstić information content (AvgIpc) is 3.72. The maximum absolute atomic E-state index is 14.6. The van der Waals surface area contributed by atoms with E-state index in [2.05, 4.69) is 22.8 Å². The summed E-state index contributed by atoms with van der Waals surface area (Å²) in [6.07, 6.45) is 5.58. The van der Waals surface area contributed by atoms with E-state index in [1.807, 2.05) is 84.9 Å². The van der Waals surface area contributed by atoms with Crippen molar-refractivity contribution in [2.24, 2.45) is 11.3 Å². The van der Waals surface area contributed by atoms with Crippen LogP contribution in [0.3, 0.4) is 0 Å². The zero-order chi connectivity index (χ0) is 36.9. The second kappa shape index (κ2) is 14.3. The molecule has 2 amide bonds. The summed E-state index contributed by atoms with van der Waals surface area (Å²) in [7, 11) is 0. The molecular formula is C42H45N3O9. The van der Waals surface area contributed by atoms with E-state index in [0.717, 1.165) is 41.5 Å². The number of ether oxygens (including phenoxy) is 4. The molecule has 54 heavy (non-hydrogen) atoms. The fourth-order valence-corrected chi connectivity index (χ4v) is 9.20. The first-order chi connectivity index (χ1) is 26.4. The highest BCUT2D eigenvalue weighted by atomic mass is 16.8. The molecule has 3 aromatic rings. The van der Waals surface area contributed by atoms with Gasteiger partial charge < -0.3 is 34.7 Å². The van der Waals surface area contributed by atoms with Crippen molar-refractivity contribution in [3.63, 3.8) is 0 Å². The summed E-state index contributed by atoms with van der Waals surface area (Å²) in [6, 6.07) is 26.3. The minimum atomic E-state index is -1.40. The smallest absolute Gasteiger partial charge is 0.327 e. The number of benzene rings is 3. The van der Waals surface area contributed by atoms with Crippen molar-refractivity contribution in [3.8, 4) is 0 Å². The van der Waals surface area contributed by atoms with Gasteiger partial charge in [-0.25, -0.2) is 0 Å². The number of aliphatic hydroxyl groups is 1. The van der Waals surface area contributed by atoms with Crippen molar-refractivity contribution in [3.05, 3.63) is 113 Å². The van der Waals surface area contributed by atoms with Crippen LogP contribution in [0.15, 0.2) is 91.0 Å². The zero-order valence-electron chi connectivity index (χ0n) is 29.9. The van der Waals surface area contributed by atoms with Crippen molar-refractivity contribution in [1.29, 1.82) is 0 Å². The Kier molecular flexibility index (Phi) is 9.36. The van der Waals surface area contributed by atoms with Crippen LogP contribution in [0.4, 0.5) is 0 Å². The molecule has 12 nitrogen and oxygen atoms in total. The van der Waals surface area contributed by atoms with Gasteiger partial charge in [0.2, 0.25) is 17.6 Å². The summed E-state index contributed by atoms with van der Waals surface area (Å²) in [5.74, 6) is -2.14. The number of hydrogen-bond acceptors (Lipinski definition) is 10. The second-order valence-electron chi connectivity index (χ2n) is 15.2. The van der Waals surface area contributed by atoms with Crippen molar-refractivity contribution >= 4 is 23.9 Å². The van der Waals surface area contributed by atoms with Crippen LogP contribution in [0.5, 0.6) is 0 Å². The Balaban J connectivity index is 1.02. The highest BCUT2D eigenvalue weighted by molar-refractivity contribution is 5.94. The number of carbonyl (C=O) groups excluding carboxylic acids is 3. The van der Waals surface area contributed by atoms with E-state index in [1.165, 1.54) is 0 Å². The number of carbonyl (C=O) groups is 3. The third-order valence-corrected chi connectivity index (χ3v) is 11.9. The van der Waals surface area contributed by atoms with Crippen LogP contribution in [0.25, 0.3) is 6.08 Å². The van der Waals surface area contributed by atoms with Gasteiger partial charge in [0, 0.05) is 37.1 Å². The molecule has 2 aliphatic carbocycles. The molecule has 0 aromatic heterocycles. The molecule has 9 rings (SSSR count). The predicted octanol–water partition coefficient (Wildman–Crippen LogP) is 3.37. The van der Waals surface area contributed by atoms with E-state index in [1.54, 1.807) is 5.06 Å². The van der Waals surface area contributed by atoms with Gasteiger partial charge in [-0.2, -0.15) is 5.06 Å². The molecular weight excluding hydrogens is 690 g/mol. The standard InChI is InChI=1S/C42H45N3O9/c46-22-21-43-34(47)19-20-44-40(49)41-24-33-35-36(53-42(52-35,29-7-3-1-4-8-29)30-9-5-2-6-10-30)38(41)54-45(37(41)39(48)51-33)25-28-15-12-26(13-16-28)11-14-27-17-18-31-32(23-27)50-31/h1-16,27,31-33,35-38,46H,17-25H2,(H,43,47)(H,44,49)/t27?,31?,32?,33-,35+,36+,37+,38-,41+/m1/s1. The molecule has 9 atom stereocenters. The van der Waals surface area contributed by atoms with Crippen molar-refractivity contribution in [1.82, 2.24) is 15.7 Å². The van der Waals surface area contributed by atoms with Crippen molar-refractivity contribution in [2.45, 2.75) is 87.1 Å². The summed E-state index contributed by atoms with van der Waals surface area (Å²) in [4.78, 5) is 47.8. The van der Waals surface area contributed by atoms with E-state index in [0.29, 0.717) is 18.1 Å². The van der Waals surface area contributed by atoms with Crippen molar-refractivity contribution < 1.29 is 43.3 Å². The molecule has 0 radical (unpaired) electrons. The second-order valence-corrected chi connectivity index (χ2v) is 15.2. The molecule has 6 aliphatic rings.